The van der Waals surface area contributed by atoms with E-state index in [1.165, 1.54) is 0 Å². The Balaban J connectivity index is 1.35. The Morgan fingerprint density at radius 3 is 2.23 bits per heavy atom. The molecule has 3 aromatic rings. The molecule has 7 nitrogen and oxygen atoms in total. The number of hydrogen-bond donors (Lipinski definition) is 0. The van der Waals surface area contributed by atoms with Crippen LogP contribution < -0.4 is 9.64 Å². The zero-order valence-electron chi connectivity index (χ0n) is 14.1. The average Bonchev–Trinajstić information content (AvgIpc) is 3.20. The van der Waals surface area contributed by atoms with E-state index in [9.17, 15) is 4.79 Å². The predicted octanol–water partition coefficient (Wildman–Crippen LogP) is 3.06. The van der Waals surface area contributed by atoms with Crippen LogP contribution >= 0.6 is 0 Å². The molecule has 1 aliphatic heterocycles. The molecule has 0 spiro atoms. The molecule has 7 heteroatoms. The molecule has 26 heavy (non-hydrogen) atoms. The van der Waals surface area contributed by atoms with E-state index in [0.717, 1.165) is 5.56 Å². The topological polar surface area (TPSA) is 71.7 Å². The van der Waals surface area contributed by atoms with E-state index in [0.29, 0.717) is 43.8 Å². The molecule has 0 saturated carbocycles. The zero-order chi connectivity index (χ0) is 17.8. The average molecular weight is 350 g/mol. The standard InChI is InChI=1S/C19H18N4O3/c24-19(25-16-9-5-2-6-10-16)23-13-11-22(12-14-23)18-21-20-17(26-18)15-7-3-1-4-8-15/h1-10H,11-14H2. The Kier molecular flexibility index (Phi) is 4.51. The minimum absolute atomic E-state index is 0.341. The Bertz CT molecular complexity index is 859. The van der Waals surface area contributed by atoms with Crippen LogP contribution in [0.1, 0.15) is 0 Å². The summed E-state index contributed by atoms with van der Waals surface area (Å²) in [7, 11) is 0. The summed E-state index contributed by atoms with van der Waals surface area (Å²) in [4.78, 5) is 15.9. The summed E-state index contributed by atoms with van der Waals surface area (Å²) in [5.41, 5.74) is 0.885. The molecule has 132 valence electrons. The van der Waals surface area contributed by atoms with Gasteiger partial charge in [0.1, 0.15) is 5.75 Å². The first-order valence-corrected chi connectivity index (χ1v) is 8.45. The molecule has 2 heterocycles. The summed E-state index contributed by atoms with van der Waals surface area (Å²) >= 11 is 0. The van der Waals surface area contributed by atoms with Crippen LogP contribution in [0.2, 0.25) is 0 Å². The van der Waals surface area contributed by atoms with Gasteiger partial charge in [0, 0.05) is 31.7 Å². The molecule has 1 fully saturated rings. The molecule has 0 aliphatic carbocycles. The molecule has 0 atom stereocenters. The Labute approximate surface area is 150 Å². The lowest BCUT2D eigenvalue weighted by Crippen LogP contribution is -2.49. The third-order valence-corrected chi connectivity index (χ3v) is 4.19. The highest BCUT2D eigenvalue weighted by Gasteiger charge is 2.25. The van der Waals surface area contributed by atoms with Crippen LogP contribution in [0, 0.1) is 0 Å². The van der Waals surface area contributed by atoms with E-state index in [1.54, 1.807) is 17.0 Å². The van der Waals surface area contributed by atoms with Crippen LogP contribution in [0.15, 0.2) is 65.1 Å². The van der Waals surface area contributed by atoms with Crippen LogP contribution in [0.25, 0.3) is 11.5 Å². The molecule has 2 aromatic carbocycles. The molecule has 0 radical (unpaired) electrons. The molecule has 1 amide bonds. The van der Waals surface area contributed by atoms with Crippen molar-refractivity contribution in [2.45, 2.75) is 0 Å². The zero-order valence-corrected chi connectivity index (χ0v) is 14.1. The van der Waals surface area contributed by atoms with Crippen molar-refractivity contribution < 1.29 is 13.9 Å². The van der Waals surface area contributed by atoms with Crippen LogP contribution in [-0.2, 0) is 0 Å². The fourth-order valence-electron chi connectivity index (χ4n) is 2.77. The van der Waals surface area contributed by atoms with E-state index in [2.05, 4.69) is 10.2 Å². The van der Waals surface area contributed by atoms with Crippen molar-refractivity contribution in [2.24, 2.45) is 0 Å². The van der Waals surface area contributed by atoms with Gasteiger partial charge in [0.25, 0.3) is 0 Å². The highest BCUT2D eigenvalue weighted by molar-refractivity contribution is 5.71. The number of para-hydroxylation sites is 1. The van der Waals surface area contributed by atoms with Gasteiger partial charge in [-0.05, 0) is 24.3 Å². The quantitative estimate of drug-likeness (QED) is 0.723. The number of aromatic nitrogens is 2. The van der Waals surface area contributed by atoms with Crippen molar-refractivity contribution in [3.05, 3.63) is 60.7 Å². The first kappa shape index (κ1) is 16.1. The summed E-state index contributed by atoms with van der Waals surface area (Å²) in [6.45, 7) is 2.30. The number of nitrogens with zero attached hydrogens (tertiary/aromatic N) is 4. The number of piperazine rings is 1. The van der Waals surface area contributed by atoms with Gasteiger partial charge in [0.05, 0.1) is 0 Å². The number of carbonyl (C=O) groups excluding carboxylic acids is 1. The number of benzene rings is 2. The van der Waals surface area contributed by atoms with Gasteiger partial charge < -0.3 is 19.0 Å². The van der Waals surface area contributed by atoms with Crippen molar-refractivity contribution in [1.29, 1.82) is 0 Å². The largest absolute Gasteiger partial charge is 0.415 e. The van der Waals surface area contributed by atoms with Crippen molar-refractivity contribution in [2.75, 3.05) is 31.1 Å². The van der Waals surface area contributed by atoms with Crippen LogP contribution in [0.5, 0.6) is 5.75 Å². The lowest BCUT2D eigenvalue weighted by Gasteiger charge is -2.32. The van der Waals surface area contributed by atoms with Gasteiger partial charge in [0.15, 0.2) is 0 Å². The van der Waals surface area contributed by atoms with Crippen molar-refractivity contribution >= 4 is 12.1 Å². The number of anilines is 1. The molecular formula is C19H18N4O3. The maximum Gasteiger partial charge on any atom is 0.415 e. The molecule has 1 aromatic heterocycles. The second-order valence-electron chi connectivity index (χ2n) is 5.91. The van der Waals surface area contributed by atoms with Gasteiger partial charge in [-0.3, -0.25) is 0 Å². The van der Waals surface area contributed by atoms with E-state index in [4.69, 9.17) is 9.15 Å². The number of carbonyl (C=O) groups is 1. The highest BCUT2D eigenvalue weighted by Crippen LogP contribution is 2.22. The summed E-state index contributed by atoms with van der Waals surface area (Å²) < 4.78 is 11.1. The maximum absolute atomic E-state index is 12.2. The summed E-state index contributed by atoms with van der Waals surface area (Å²) in [5, 5.41) is 8.24. The highest BCUT2D eigenvalue weighted by atomic mass is 16.6. The van der Waals surface area contributed by atoms with Crippen molar-refractivity contribution in [1.82, 2.24) is 15.1 Å². The van der Waals surface area contributed by atoms with E-state index in [1.807, 2.05) is 53.4 Å². The second kappa shape index (κ2) is 7.26. The fraction of sp³-hybridized carbons (Fsp3) is 0.211. The van der Waals surface area contributed by atoms with Crippen molar-refractivity contribution in [3.63, 3.8) is 0 Å². The van der Waals surface area contributed by atoms with Gasteiger partial charge >= 0.3 is 12.1 Å². The predicted molar refractivity (Wildman–Crippen MR) is 96.0 cm³/mol. The third kappa shape index (κ3) is 3.51. The molecular weight excluding hydrogens is 332 g/mol. The van der Waals surface area contributed by atoms with Gasteiger partial charge in [-0.2, -0.15) is 0 Å². The van der Waals surface area contributed by atoms with Crippen LogP contribution in [0.3, 0.4) is 0 Å². The molecule has 1 saturated heterocycles. The fourth-order valence-corrected chi connectivity index (χ4v) is 2.77. The van der Waals surface area contributed by atoms with E-state index < -0.39 is 0 Å². The second-order valence-corrected chi connectivity index (χ2v) is 5.91. The number of ether oxygens (including phenoxy) is 1. The normalized spacial score (nSPS) is 14.3. The number of hydrogen-bond acceptors (Lipinski definition) is 6. The first-order chi connectivity index (χ1) is 12.8. The van der Waals surface area contributed by atoms with Crippen molar-refractivity contribution in [3.8, 4) is 17.2 Å². The lowest BCUT2D eigenvalue weighted by atomic mass is 10.2. The third-order valence-electron chi connectivity index (χ3n) is 4.19. The Morgan fingerprint density at radius 2 is 1.54 bits per heavy atom. The molecule has 0 N–H and O–H groups in total. The Morgan fingerprint density at radius 1 is 0.885 bits per heavy atom. The minimum Gasteiger partial charge on any atom is -0.410 e. The molecule has 1 aliphatic rings. The SMILES string of the molecule is O=C(Oc1ccccc1)N1CCN(c2nnc(-c3ccccc3)o2)CC1. The smallest absolute Gasteiger partial charge is 0.410 e. The van der Waals surface area contributed by atoms with Crippen LogP contribution in [-0.4, -0.2) is 47.4 Å². The maximum atomic E-state index is 12.2. The Hall–Kier alpha value is -3.35. The van der Waals surface area contributed by atoms with Gasteiger partial charge in [0.2, 0.25) is 5.89 Å². The van der Waals surface area contributed by atoms with E-state index in [-0.39, 0.29) is 6.09 Å². The summed E-state index contributed by atoms with van der Waals surface area (Å²) in [6.07, 6.45) is -0.341. The van der Waals surface area contributed by atoms with Gasteiger partial charge in [-0.1, -0.05) is 41.5 Å². The molecule has 0 unspecified atom stereocenters. The lowest BCUT2D eigenvalue weighted by molar-refractivity contribution is 0.148. The molecule has 0 bridgehead atoms. The number of amides is 1. The first-order valence-electron chi connectivity index (χ1n) is 8.45. The molecule has 4 rings (SSSR count). The van der Waals surface area contributed by atoms with E-state index >= 15 is 0 Å². The summed E-state index contributed by atoms with van der Waals surface area (Å²) in [6, 6.07) is 19.2. The number of rotatable bonds is 3. The monoisotopic (exact) mass is 350 g/mol. The minimum atomic E-state index is -0.341. The van der Waals surface area contributed by atoms with Crippen LogP contribution in [0.4, 0.5) is 10.8 Å². The van der Waals surface area contributed by atoms with Gasteiger partial charge in [-0.15, -0.1) is 5.10 Å². The van der Waals surface area contributed by atoms with Gasteiger partial charge in [-0.25, -0.2) is 4.79 Å². The summed E-state index contributed by atoms with van der Waals surface area (Å²) in [5.74, 6) is 1.04.